The maximum atomic E-state index is 10.6. The molecule has 0 saturated carbocycles. The van der Waals surface area contributed by atoms with Crippen LogP contribution in [-0.4, -0.2) is 14.9 Å². The second-order valence-corrected chi connectivity index (χ2v) is 4.96. The molecule has 0 fully saturated rings. The summed E-state index contributed by atoms with van der Waals surface area (Å²) in [5.41, 5.74) is 4.11. The molecule has 102 valence electrons. The Hall–Kier alpha value is -1.61. The summed E-state index contributed by atoms with van der Waals surface area (Å²) in [6.45, 7) is 4.23. The van der Waals surface area contributed by atoms with Gasteiger partial charge < -0.3 is 5.11 Å². The van der Waals surface area contributed by atoms with E-state index in [1.165, 1.54) is 5.56 Å². The molecule has 19 heavy (non-hydrogen) atoms. The summed E-state index contributed by atoms with van der Waals surface area (Å²) >= 11 is 0. The Balaban J connectivity index is 2.32. The molecule has 3 nitrogen and oxygen atoms in total. The van der Waals surface area contributed by atoms with Crippen LogP contribution >= 0.6 is 0 Å². The number of hydrogen-bond donors (Lipinski definition) is 1. The Kier molecular flexibility index (Phi) is 4.38. The van der Waals surface area contributed by atoms with Gasteiger partial charge in [-0.05, 0) is 24.0 Å². The summed E-state index contributed by atoms with van der Waals surface area (Å²) in [7, 11) is 1.89. The van der Waals surface area contributed by atoms with Crippen LogP contribution in [0, 0.1) is 0 Å². The smallest absolute Gasteiger partial charge is 0.107 e. The highest BCUT2D eigenvalue weighted by Gasteiger charge is 2.17. The molecule has 2 rings (SSSR count). The van der Waals surface area contributed by atoms with E-state index in [4.69, 9.17) is 0 Å². The molecule has 0 bridgehead atoms. The van der Waals surface area contributed by atoms with Crippen molar-refractivity contribution in [3.05, 3.63) is 52.8 Å². The number of aromatic nitrogens is 2. The fraction of sp³-hybridized carbons (Fsp3) is 0.438. The first kappa shape index (κ1) is 13.8. The van der Waals surface area contributed by atoms with Gasteiger partial charge in [-0.1, -0.05) is 44.5 Å². The Morgan fingerprint density at radius 2 is 2.11 bits per heavy atom. The Morgan fingerprint density at radius 3 is 2.79 bits per heavy atom. The lowest BCUT2D eigenvalue weighted by atomic mass is 9.98. The van der Waals surface area contributed by atoms with Gasteiger partial charge in [-0.3, -0.25) is 4.68 Å². The molecule has 0 aliphatic carbocycles. The molecular formula is C16H22N2O. The Labute approximate surface area is 114 Å². The van der Waals surface area contributed by atoms with Crippen LogP contribution in [0.1, 0.15) is 48.8 Å². The third-order valence-electron chi connectivity index (χ3n) is 3.37. The van der Waals surface area contributed by atoms with E-state index in [0.29, 0.717) is 0 Å². The zero-order chi connectivity index (χ0) is 13.8. The minimum Gasteiger partial charge on any atom is -0.384 e. The van der Waals surface area contributed by atoms with E-state index >= 15 is 0 Å². The van der Waals surface area contributed by atoms with Crippen molar-refractivity contribution < 1.29 is 5.11 Å². The first-order valence-corrected chi connectivity index (χ1v) is 6.95. The molecule has 1 N–H and O–H groups in total. The molecule has 0 amide bonds. The molecular weight excluding hydrogens is 236 g/mol. The normalized spacial score (nSPS) is 12.6. The lowest BCUT2D eigenvalue weighted by Crippen LogP contribution is -2.02. The van der Waals surface area contributed by atoms with Crippen molar-refractivity contribution in [2.24, 2.45) is 7.05 Å². The summed E-state index contributed by atoms with van der Waals surface area (Å²) in [6.07, 6.45) is 4.33. The van der Waals surface area contributed by atoms with Crippen LogP contribution in [0.25, 0.3) is 0 Å². The van der Waals surface area contributed by atoms with E-state index in [1.807, 2.05) is 25.4 Å². The van der Waals surface area contributed by atoms with Gasteiger partial charge in [0.1, 0.15) is 6.10 Å². The second-order valence-electron chi connectivity index (χ2n) is 4.96. The number of benzene rings is 1. The van der Waals surface area contributed by atoms with Gasteiger partial charge in [0.15, 0.2) is 0 Å². The SMILES string of the molecule is CCCc1cccc(C(O)c2cn(C)nc2CC)c1. The number of aryl methyl sites for hydroxylation is 3. The van der Waals surface area contributed by atoms with Crippen molar-refractivity contribution in [3.63, 3.8) is 0 Å². The van der Waals surface area contributed by atoms with Crippen molar-refractivity contribution >= 4 is 0 Å². The van der Waals surface area contributed by atoms with E-state index in [1.54, 1.807) is 4.68 Å². The number of rotatable bonds is 5. The number of nitrogens with zero attached hydrogens (tertiary/aromatic N) is 2. The van der Waals surface area contributed by atoms with Gasteiger partial charge in [-0.25, -0.2) is 0 Å². The lowest BCUT2D eigenvalue weighted by Gasteiger charge is -2.12. The van der Waals surface area contributed by atoms with Gasteiger partial charge in [0.2, 0.25) is 0 Å². The van der Waals surface area contributed by atoms with Crippen molar-refractivity contribution in [2.45, 2.75) is 39.2 Å². The molecule has 0 saturated heterocycles. The minimum atomic E-state index is -0.583. The van der Waals surface area contributed by atoms with E-state index in [9.17, 15) is 5.11 Å². The van der Waals surface area contributed by atoms with Crippen molar-refractivity contribution in [2.75, 3.05) is 0 Å². The van der Waals surface area contributed by atoms with Gasteiger partial charge in [-0.2, -0.15) is 5.10 Å². The predicted molar refractivity (Wildman–Crippen MR) is 77.1 cm³/mol. The van der Waals surface area contributed by atoms with Gasteiger partial charge in [0.05, 0.1) is 5.69 Å². The average molecular weight is 258 g/mol. The van der Waals surface area contributed by atoms with E-state index < -0.39 is 6.10 Å². The van der Waals surface area contributed by atoms with E-state index in [2.05, 4.69) is 31.1 Å². The molecule has 1 atom stereocenters. The van der Waals surface area contributed by atoms with E-state index in [-0.39, 0.29) is 0 Å². The third-order valence-corrected chi connectivity index (χ3v) is 3.37. The number of aliphatic hydroxyl groups is 1. The first-order chi connectivity index (χ1) is 9.15. The van der Waals surface area contributed by atoms with Gasteiger partial charge >= 0.3 is 0 Å². The second kappa shape index (κ2) is 6.02. The summed E-state index contributed by atoms with van der Waals surface area (Å²) in [6, 6.07) is 8.21. The predicted octanol–water partition coefficient (Wildman–Crippen LogP) is 3.02. The zero-order valence-corrected chi connectivity index (χ0v) is 11.9. The monoisotopic (exact) mass is 258 g/mol. The maximum Gasteiger partial charge on any atom is 0.107 e. The summed E-state index contributed by atoms with van der Waals surface area (Å²) in [5, 5.41) is 14.9. The maximum absolute atomic E-state index is 10.6. The fourth-order valence-corrected chi connectivity index (χ4v) is 2.44. The topological polar surface area (TPSA) is 38.0 Å². The first-order valence-electron chi connectivity index (χ1n) is 6.95. The summed E-state index contributed by atoms with van der Waals surface area (Å²) < 4.78 is 1.77. The van der Waals surface area contributed by atoms with Gasteiger partial charge in [0, 0.05) is 18.8 Å². The van der Waals surface area contributed by atoms with Gasteiger partial charge in [0.25, 0.3) is 0 Å². The highest BCUT2D eigenvalue weighted by atomic mass is 16.3. The molecule has 1 heterocycles. The molecule has 2 aromatic rings. The van der Waals surface area contributed by atoms with Crippen LogP contribution in [-0.2, 0) is 19.9 Å². The Morgan fingerprint density at radius 1 is 1.32 bits per heavy atom. The standard InChI is InChI=1S/C16H22N2O/c1-4-7-12-8-6-9-13(10-12)16(19)14-11-18(3)17-15(14)5-2/h6,8-11,16,19H,4-5,7H2,1-3H3. The Bertz CT molecular complexity index is 545. The molecule has 0 radical (unpaired) electrons. The van der Waals surface area contributed by atoms with Crippen LogP contribution in [0.15, 0.2) is 30.5 Å². The molecule has 3 heteroatoms. The summed E-state index contributed by atoms with van der Waals surface area (Å²) in [4.78, 5) is 0. The molecule has 1 unspecified atom stereocenters. The van der Waals surface area contributed by atoms with Crippen molar-refractivity contribution in [1.29, 1.82) is 0 Å². The fourth-order valence-electron chi connectivity index (χ4n) is 2.44. The van der Waals surface area contributed by atoms with Crippen LogP contribution in [0.2, 0.25) is 0 Å². The van der Waals surface area contributed by atoms with Crippen LogP contribution < -0.4 is 0 Å². The summed E-state index contributed by atoms with van der Waals surface area (Å²) in [5.74, 6) is 0. The lowest BCUT2D eigenvalue weighted by molar-refractivity contribution is 0.219. The van der Waals surface area contributed by atoms with Crippen LogP contribution in [0.5, 0.6) is 0 Å². The molecule has 0 aliphatic rings. The average Bonchev–Trinajstić information content (AvgIpc) is 2.80. The molecule has 0 spiro atoms. The number of aliphatic hydroxyl groups excluding tert-OH is 1. The van der Waals surface area contributed by atoms with E-state index in [0.717, 1.165) is 36.1 Å². The van der Waals surface area contributed by atoms with Crippen LogP contribution in [0.4, 0.5) is 0 Å². The molecule has 1 aromatic carbocycles. The van der Waals surface area contributed by atoms with Gasteiger partial charge in [-0.15, -0.1) is 0 Å². The third kappa shape index (κ3) is 3.04. The highest BCUT2D eigenvalue weighted by Crippen LogP contribution is 2.25. The quantitative estimate of drug-likeness (QED) is 0.895. The molecule has 1 aromatic heterocycles. The largest absolute Gasteiger partial charge is 0.384 e. The van der Waals surface area contributed by atoms with Crippen molar-refractivity contribution in [1.82, 2.24) is 9.78 Å². The van der Waals surface area contributed by atoms with Crippen molar-refractivity contribution in [3.8, 4) is 0 Å². The van der Waals surface area contributed by atoms with Crippen LogP contribution in [0.3, 0.4) is 0 Å². The highest BCUT2D eigenvalue weighted by molar-refractivity contribution is 5.33. The zero-order valence-electron chi connectivity index (χ0n) is 11.9. The molecule has 0 aliphatic heterocycles. The number of hydrogen-bond acceptors (Lipinski definition) is 2. The minimum absolute atomic E-state index is 0.583.